The van der Waals surface area contributed by atoms with Gasteiger partial charge in [0.15, 0.2) is 6.61 Å². The molecule has 2 N–H and O–H groups in total. The summed E-state index contributed by atoms with van der Waals surface area (Å²) in [5, 5.41) is 0. The average molecular weight is 233 g/mol. The van der Waals surface area contributed by atoms with E-state index < -0.39 is 18.8 Å². The molecule has 1 rings (SSSR count). The molecule has 0 radical (unpaired) electrons. The fraction of sp³-hybridized carbons (Fsp3) is 0.300. The predicted molar refractivity (Wildman–Crippen MR) is 51.9 cm³/mol. The number of halogens is 3. The highest BCUT2D eigenvalue weighted by atomic mass is 19.4. The van der Waals surface area contributed by atoms with Gasteiger partial charge in [-0.15, -0.1) is 0 Å². The number of carbonyl (C=O) groups is 1. The lowest BCUT2D eigenvalue weighted by Crippen LogP contribution is -2.21. The Morgan fingerprint density at radius 1 is 1.44 bits per heavy atom. The van der Waals surface area contributed by atoms with E-state index in [0.717, 1.165) is 0 Å². The van der Waals surface area contributed by atoms with Gasteiger partial charge in [-0.2, -0.15) is 13.2 Å². The Hall–Kier alpha value is -1.72. The van der Waals surface area contributed by atoms with Crippen LogP contribution in [0, 0.1) is 6.92 Å². The smallest absolute Gasteiger partial charge is 0.422 e. The third-order valence-corrected chi connectivity index (χ3v) is 1.88. The summed E-state index contributed by atoms with van der Waals surface area (Å²) in [4.78, 5) is 11.3. The van der Waals surface area contributed by atoms with Crippen LogP contribution < -0.4 is 5.73 Å². The first-order valence-electron chi connectivity index (χ1n) is 4.40. The molecule has 16 heavy (non-hydrogen) atoms. The molecule has 0 spiro atoms. The molecule has 0 saturated heterocycles. The van der Waals surface area contributed by atoms with Crippen LogP contribution >= 0.6 is 0 Å². The number of benzene rings is 1. The Kier molecular flexibility index (Phi) is 3.41. The summed E-state index contributed by atoms with van der Waals surface area (Å²) in [5.74, 6) is -1.06. The van der Waals surface area contributed by atoms with E-state index in [1.807, 2.05) is 0 Å². The van der Waals surface area contributed by atoms with Gasteiger partial charge in [0.1, 0.15) is 0 Å². The van der Waals surface area contributed by atoms with Crippen LogP contribution in [-0.2, 0) is 4.74 Å². The molecule has 0 fully saturated rings. The number of anilines is 1. The number of nitrogens with two attached hydrogens (primary N) is 1. The molecule has 0 aromatic heterocycles. The number of rotatable bonds is 2. The highest BCUT2D eigenvalue weighted by Gasteiger charge is 2.30. The second-order valence-electron chi connectivity index (χ2n) is 3.23. The maximum atomic E-state index is 11.8. The highest BCUT2D eigenvalue weighted by Crippen LogP contribution is 2.20. The van der Waals surface area contributed by atoms with Gasteiger partial charge < -0.3 is 10.5 Å². The molecule has 1 aromatic rings. The maximum Gasteiger partial charge on any atom is 0.422 e. The van der Waals surface area contributed by atoms with Gasteiger partial charge >= 0.3 is 12.1 Å². The number of ether oxygens (including phenoxy) is 1. The third-order valence-electron chi connectivity index (χ3n) is 1.88. The van der Waals surface area contributed by atoms with Crippen molar-refractivity contribution >= 4 is 11.7 Å². The summed E-state index contributed by atoms with van der Waals surface area (Å²) in [6.07, 6.45) is -4.53. The van der Waals surface area contributed by atoms with E-state index in [2.05, 4.69) is 4.74 Å². The second kappa shape index (κ2) is 4.42. The largest absolute Gasteiger partial charge is 0.452 e. The number of hydrogen-bond acceptors (Lipinski definition) is 3. The second-order valence-corrected chi connectivity index (χ2v) is 3.23. The number of carbonyl (C=O) groups excluding carboxylic acids is 1. The number of nitrogen functional groups attached to an aromatic ring is 1. The Balaban J connectivity index is 2.81. The Morgan fingerprint density at radius 3 is 2.56 bits per heavy atom. The fourth-order valence-electron chi connectivity index (χ4n) is 1.19. The lowest BCUT2D eigenvalue weighted by Gasteiger charge is -2.10. The van der Waals surface area contributed by atoms with E-state index >= 15 is 0 Å². The number of aryl methyl sites for hydroxylation is 1. The van der Waals surface area contributed by atoms with Crippen LogP contribution in [-0.4, -0.2) is 18.8 Å². The zero-order valence-electron chi connectivity index (χ0n) is 8.47. The predicted octanol–water partition coefficient (Wildman–Crippen LogP) is 2.30. The molecule has 0 unspecified atom stereocenters. The Bertz CT molecular complexity index is 381. The minimum Gasteiger partial charge on any atom is -0.452 e. The van der Waals surface area contributed by atoms with E-state index in [-0.39, 0.29) is 11.3 Å². The van der Waals surface area contributed by atoms with Crippen molar-refractivity contribution < 1.29 is 22.7 Å². The topological polar surface area (TPSA) is 52.3 Å². The van der Waals surface area contributed by atoms with Crippen molar-refractivity contribution in [3.8, 4) is 0 Å². The average Bonchev–Trinajstić information content (AvgIpc) is 2.13. The van der Waals surface area contributed by atoms with E-state index in [4.69, 9.17) is 5.73 Å². The van der Waals surface area contributed by atoms with Crippen LogP contribution in [0.4, 0.5) is 18.9 Å². The zero-order valence-corrected chi connectivity index (χ0v) is 8.47. The van der Waals surface area contributed by atoms with Gasteiger partial charge in [-0.3, -0.25) is 0 Å². The summed E-state index contributed by atoms with van der Waals surface area (Å²) < 4.78 is 39.6. The highest BCUT2D eigenvalue weighted by molar-refractivity contribution is 5.96. The number of esters is 1. The lowest BCUT2D eigenvalue weighted by molar-refractivity contribution is -0.161. The number of hydrogen-bond donors (Lipinski definition) is 1. The zero-order chi connectivity index (χ0) is 12.3. The molecule has 3 nitrogen and oxygen atoms in total. The SMILES string of the molecule is Cc1cccc(N)c1C(=O)OCC(F)(F)F. The molecule has 88 valence electrons. The quantitative estimate of drug-likeness (QED) is 0.629. The third kappa shape index (κ3) is 3.15. The van der Waals surface area contributed by atoms with Crippen molar-refractivity contribution in [3.63, 3.8) is 0 Å². The van der Waals surface area contributed by atoms with E-state index in [0.29, 0.717) is 5.56 Å². The molecule has 0 aliphatic heterocycles. The van der Waals surface area contributed by atoms with Gasteiger partial charge in [0.2, 0.25) is 0 Å². The number of alkyl halides is 3. The molecule has 0 bridgehead atoms. The Labute approximate surface area is 90.0 Å². The molecule has 1 aromatic carbocycles. The van der Waals surface area contributed by atoms with E-state index in [9.17, 15) is 18.0 Å². The van der Waals surface area contributed by atoms with Crippen molar-refractivity contribution in [1.82, 2.24) is 0 Å². The van der Waals surface area contributed by atoms with Crippen molar-refractivity contribution in [2.75, 3.05) is 12.3 Å². The maximum absolute atomic E-state index is 11.8. The first-order valence-corrected chi connectivity index (χ1v) is 4.40. The molecule has 6 heteroatoms. The van der Waals surface area contributed by atoms with Crippen LogP contribution in [0.15, 0.2) is 18.2 Å². The summed E-state index contributed by atoms with van der Waals surface area (Å²) in [7, 11) is 0. The van der Waals surface area contributed by atoms with Crippen LogP contribution in [0.1, 0.15) is 15.9 Å². The molecular formula is C10H10F3NO2. The monoisotopic (exact) mass is 233 g/mol. The van der Waals surface area contributed by atoms with E-state index in [1.54, 1.807) is 19.1 Å². The standard InChI is InChI=1S/C10H10F3NO2/c1-6-3-2-4-7(14)8(6)9(15)16-5-10(11,12)13/h2-4H,5,14H2,1H3. The van der Waals surface area contributed by atoms with Crippen LogP contribution in [0.5, 0.6) is 0 Å². The first-order chi connectivity index (χ1) is 7.31. The first kappa shape index (κ1) is 12.4. The van der Waals surface area contributed by atoms with Gasteiger partial charge in [0.05, 0.1) is 5.56 Å². The van der Waals surface area contributed by atoms with Crippen LogP contribution in [0.25, 0.3) is 0 Å². The van der Waals surface area contributed by atoms with Gasteiger partial charge in [-0.25, -0.2) is 4.79 Å². The van der Waals surface area contributed by atoms with Gasteiger partial charge in [0, 0.05) is 5.69 Å². The fourth-order valence-corrected chi connectivity index (χ4v) is 1.19. The summed E-state index contributed by atoms with van der Waals surface area (Å²) in [6, 6.07) is 4.60. The van der Waals surface area contributed by atoms with Gasteiger partial charge in [0.25, 0.3) is 0 Å². The Morgan fingerprint density at radius 2 is 2.06 bits per heavy atom. The summed E-state index contributed by atoms with van der Waals surface area (Å²) >= 11 is 0. The molecule has 0 aliphatic rings. The van der Waals surface area contributed by atoms with Crippen molar-refractivity contribution in [2.24, 2.45) is 0 Å². The minimum absolute atomic E-state index is 0.0215. The van der Waals surface area contributed by atoms with E-state index in [1.165, 1.54) is 6.07 Å². The minimum atomic E-state index is -4.53. The van der Waals surface area contributed by atoms with Crippen molar-refractivity contribution in [1.29, 1.82) is 0 Å². The summed E-state index contributed by atoms with van der Waals surface area (Å²) in [5.41, 5.74) is 6.04. The molecule has 0 amide bonds. The molecule has 0 heterocycles. The van der Waals surface area contributed by atoms with Gasteiger partial charge in [-0.05, 0) is 18.6 Å². The van der Waals surface area contributed by atoms with Crippen LogP contribution in [0.3, 0.4) is 0 Å². The molecular weight excluding hydrogens is 223 g/mol. The molecule has 0 atom stereocenters. The molecule has 0 saturated carbocycles. The summed E-state index contributed by atoms with van der Waals surface area (Å²) in [6.45, 7) is -0.0415. The molecule has 0 aliphatic carbocycles. The normalized spacial score (nSPS) is 11.2. The van der Waals surface area contributed by atoms with Crippen molar-refractivity contribution in [2.45, 2.75) is 13.1 Å². The van der Waals surface area contributed by atoms with Crippen LogP contribution in [0.2, 0.25) is 0 Å². The lowest BCUT2D eigenvalue weighted by atomic mass is 10.1. The van der Waals surface area contributed by atoms with Gasteiger partial charge in [-0.1, -0.05) is 12.1 Å². The van der Waals surface area contributed by atoms with Crippen molar-refractivity contribution in [3.05, 3.63) is 29.3 Å².